The summed E-state index contributed by atoms with van der Waals surface area (Å²) in [5.41, 5.74) is 3.02. The molecule has 1 fully saturated rings. The van der Waals surface area contributed by atoms with E-state index in [1.807, 2.05) is 19.3 Å². The Morgan fingerprint density at radius 1 is 1.14 bits per heavy atom. The third-order valence-electron chi connectivity index (χ3n) is 5.89. The van der Waals surface area contributed by atoms with E-state index in [-0.39, 0.29) is 4.90 Å². The zero-order valence-corrected chi connectivity index (χ0v) is 17.5. The van der Waals surface area contributed by atoms with Crippen LogP contribution in [-0.4, -0.2) is 51.5 Å². The number of benzene rings is 1. The Morgan fingerprint density at radius 3 is 2.61 bits per heavy atom. The van der Waals surface area contributed by atoms with Gasteiger partial charge in [0, 0.05) is 50.1 Å². The van der Waals surface area contributed by atoms with Gasteiger partial charge in [0.1, 0.15) is 11.6 Å². The van der Waals surface area contributed by atoms with Gasteiger partial charge in [0.25, 0.3) is 0 Å². The molecule has 28 heavy (non-hydrogen) atoms. The summed E-state index contributed by atoms with van der Waals surface area (Å²) < 4.78 is 33.3. The van der Waals surface area contributed by atoms with Gasteiger partial charge >= 0.3 is 0 Å². The summed E-state index contributed by atoms with van der Waals surface area (Å²) >= 11 is 0. The molecule has 2 aliphatic rings. The number of nitrogens with zero attached hydrogens (tertiary/aromatic N) is 3. The number of hydrogen-bond acceptors (Lipinski definition) is 5. The maximum Gasteiger partial charge on any atom is 0.243 e. The fraction of sp³-hybridized carbons (Fsp3) is 0.476. The lowest BCUT2D eigenvalue weighted by atomic mass is 10.0. The molecule has 0 radical (unpaired) electrons. The van der Waals surface area contributed by atoms with Crippen molar-refractivity contribution in [3.63, 3.8) is 0 Å². The van der Waals surface area contributed by atoms with Crippen LogP contribution in [0, 0.1) is 5.92 Å². The van der Waals surface area contributed by atoms with Crippen molar-refractivity contribution in [2.24, 2.45) is 5.92 Å². The quantitative estimate of drug-likeness (QED) is 0.787. The highest BCUT2D eigenvalue weighted by Gasteiger charge is 2.29. The zero-order valence-electron chi connectivity index (χ0n) is 16.7. The van der Waals surface area contributed by atoms with Gasteiger partial charge in [-0.2, -0.15) is 4.31 Å². The number of pyridine rings is 1. The van der Waals surface area contributed by atoms with Gasteiger partial charge in [-0.05, 0) is 48.9 Å². The molecule has 0 amide bonds. The number of anilines is 1. The molecule has 6 nitrogen and oxygen atoms in total. The molecule has 2 aliphatic heterocycles. The third kappa shape index (κ3) is 3.37. The zero-order chi connectivity index (χ0) is 19.9. The lowest BCUT2D eigenvalue weighted by Gasteiger charge is -2.29. The standard InChI is InChI=1S/C21H27N3O3S/c1-15-6-10-24(11-7-15)28(25,26)18-4-5-19(20(13-18)27-3)17-12-16-8-9-23(2)21(16)22-14-17/h4-5,12-15H,6-11H2,1-3H3. The number of aromatic nitrogens is 1. The molecule has 0 saturated carbocycles. The summed E-state index contributed by atoms with van der Waals surface area (Å²) in [6, 6.07) is 7.29. The number of likely N-dealkylation sites (N-methyl/N-ethyl adjacent to an activating group) is 1. The van der Waals surface area contributed by atoms with Crippen molar-refractivity contribution in [2.75, 3.05) is 38.7 Å². The van der Waals surface area contributed by atoms with Crippen LogP contribution in [0.25, 0.3) is 11.1 Å². The smallest absolute Gasteiger partial charge is 0.243 e. The van der Waals surface area contributed by atoms with Crippen LogP contribution >= 0.6 is 0 Å². The topological polar surface area (TPSA) is 62.7 Å². The molecule has 7 heteroatoms. The first-order valence-electron chi connectivity index (χ1n) is 9.79. The van der Waals surface area contributed by atoms with Crippen LogP contribution in [-0.2, 0) is 16.4 Å². The first kappa shape index (κ1) is 19.2. The van der Waals surface area contributed by atoms with Gasteiger partial charge in [0.2, 0.25) is 10.0 Å². The number of piperidine rings is 1. The van der Waals surface area contributed by atoms with Gasteiger partial charge in [-0.3, -0.25) is 0 Å². The summed E-state index contributed by atoms with van der Waals surface area (Å²) in [4.78, 5) is 7.02. The first-order chi connectivity index (χ1) is 13.4. The average Bonchev–Trinajstić information content (AvgIpc) is 3.08. The Balaban J connectivity index is 1.67. The highest BCUT2D eigenvalue weighted by molar-refractivity contribution is 7.89. The Labute approximate surface area is 167 Å². The second-order valence-corrected chi connectivity index (χ2v) is 9.76. The molecule has 0 spiro atoms. The van der Waals surface area contributed by atoms with Crippen LogP contribution in [0.1, 0.15) is 25.3 Å². The molecule has 0 unspecified atom stereocenters. The number of sulfonamides is 1. The third-order valence-corrected chi connectivity index (χ3v) is 7.78. The lowest BCUT2D eigenvalue weighted by Crippen LogP contribution is -2.37. The average molecular weight is 402 g/mol. The Bertz CT molecular complexity index is 982. The van der Waals surface area contributed by atoms with E-state index >= 15 is 0 Å². The van der Waals surface area contributed by atoms with Crippen molar-refractivity contribution >= 4 is 15.8 Å². The summed E-state index contributed by atoms with van der Waals surface area (Å²) in [7, 11) is 0.115. The van der Waals surface area contributed by atoms with Gasteiger partial charge in [-0.1, -0.05) is 6.92 Å². The molecule has 1 saturated heterocycles. The molecule has 0 bridgehead atoms. The molecule has 4 rings (SSSR count). The second-order valence-electron chi connectivity index (χ2n) is 7.83. The SMILES string of the molecule is COc1cc(S(=O)(=O)N2CCC(C)CC2)ccc1-c1cnc2c(c1)CCN2C. The van der Waals surface area contributed by atoms with Crippen molar-refractivity contribution in [2.45, 2.75) is 31.1 Å². The summed E-state index contributed by atoms with van der Waals surface area (Å²) in [5, 5.41) is 0. The van der Waals surface area contributed by atoms with Crippen molar-refractivity contribution in [3.05, 3.63) is 36.0 Å². The predicted molar refractivity (Wildman–Crippen MR) is 110 cm³/mol. The minimum Gasteiger partial charge on any atom is -0.496 e. The fourth-order valence-electron chi connectivity index (χ4n) is 4.02. The predicted octanol–water partition coefficient (Wildman–Crippen LogP) is 3.17. The van der Waals surface area contributed by atoms with E-state index < -0.39 is 10.0 Å². The van der Waals surface area contributed by atoms with Gasteiger partial charge in [-0.15, -0.1) is 0 Å². The van der Waals surface area contributed by atoms with Crippen LogP contribution in [0.2, 0.25) is 0 Å². The largest absolute Gasteiger partial charge is 0.496 e. The van der Waals surface area contributed by atoms with Crippen molar-refractivity contribution in [1.82, 2.24) is 9.29 Å². The molecule has 3 heterocycles. The minimum atomic E-state index is -3.50. The molecule has 2 aromatic rings. The molecular weight excluding hydrogens is 374 g/mol. The van der Waals surface area contributed by atoms with Gasteiger partial charge in [0.15, 0.2) is 0 Å². The van der Waals surface area contributed by atoms with E-state index in [2.05, 4.69) is 22.9 Å². The normalized spacial score (nSPS) is 18.3. The van der Waals surface area contributed by atoms with Crippen LogP contribution < -0.4 is 9.64 Å². The Morgan fingerprint density at radius 2 is 1.89 bits per heavy atom. The molecule has 150 valence electrons. The molecule has 0 atom stereocenters. The van der Waals surface area contributed by atoms with Gasteiger partial charge in [0.05, 0.1) is 12.0 Å². The van der Waals surface area contributed by atoms with Crippen molar-refractivity contribution < 1.29 is 13.2 Å². The molecule has 1 aromatic carbocycles. The van der Waals surface area contributed by atoms with Crippen LogP contribution in [0.5, 0.6) is 5.75 Å². The second kappa shape index (κ2) is 7.37. The summed E-state index contributed by atoms with van der Waals surface area (Å²) in [6.07, 6.45) is 4.61. The highest BCUT2D eigenvalue weighted by Crippen LogP contribution is 2.36. The molecule has 0 N–H and O–H groups in total. The number of ether oxygens (including phenoxy) is 1. The monoisotopic (exact) mass is 401 g/mol. The van der Waals surface area contributed by atoms with Crippen LogP contribution in [0.3, 0.4) is 0 Å². The number of fused-ring (bicyclic) bond motifs is 1. The molecular formula is C21H27N3O3S. The van der Waals surface area contributed by atoms with Crippen LogP contribution in [0.4, 0.5) is 5.82 Å². The van der Waals surface area contributed by atoms with Crippen LogP contribution in [0.15, 0.2) is 35.4 Å². The number of hydrogen-bond donors (Lipinski definition) is 0. The minimum absolute atomic E-state index is 0.288. The van der Waals surface area contributed by atoms with E-state index in [4.69, 9.17) is 4.74 Å². The van der Waals surface area contributed by atoms with E-state index in [0.29, 0.717) is 24.8 Å². The van der Waals surface area contributed by atoms with Gasteiger partial charge in [-0.25, -0.2) is 13.4 Å². The molecule has 0 aliphatic carbocycles. The maximum absolute atomic E-state index is 13.1. The first-order valence-corrected chi connectivity index (χ1v) is 11.2. The summed E-state index contributed by atoms with van der Waals surface area (Å²) in [6.45, 7) is 4.30. The van der Waals surface area contributed by atoms with E-state index in [1.54, 1.807) is 23.5 Å². The Kier molecular flexibility index (Phi) is 5.05. The number of rotatable bonds is 4. The number of methoxy groups -OCH3 is 1. The molecule has 1 aromatic heterocycles. The van der Waals surface area contributed by atoms with Crippen molar-refractivity contribution in [3.8, 4) is 16.9 Å². The van der Waals surface area contributed by atoms with Crippen molar-refractivity contribution in [1.29, 1.82) is 0 Å². The van der Waals surface area contributed by atoms with E-state index in [0.717, 1.165) is 42.8 Å². The fourth-order valence-corrected chi connectivity index (χ4v) is 5.50. The Hall–Kier alpha value is -2.12. The van der Waals surface area contributed by atoms with E-state index in [1.165, 1.54) is 5.56 Å². The highest BCUT2D eigenvalue weighted by atomic mass is 32.2. The van der Waals surface area contributed by atoms with E-state index in [9.17, 15) is 8.42 Å². The maximum atomic E-state index is 13.1. The lowest BCUT2D eigenvalue weighted by molar-refractivity contribution is 0.288. The summed E-state index contributed by atoms with van der Waals surface area (Å²) in [5.74, 6) is 2.15. The van der Waals surface area contributed by atoms with Gasteiger partial charge < -0.3 is 9.64 Å².